The number of benzene rings is 1. The first-order chi connectivity index (χ1) is 15.0. The predicted octanol–water partition coefficient (Wildman–Crippen LogP) is 2.80. The molecule has 1 aliphatic rings. The second kappa shape index (κ2) is 7.75. The Morgan fingerprint density at radius 2 is 2.10 bits per heavy atom. The van der Waals surface area contributed by atoms with Gasteiger partial charge in [-0.15, -0.1) is 11.3 Å². The molecule has 3 aromatic heterocycles. The number of carbonyl (C=O) groups is 1. The number of amides is 1. The number of fused-ring (bicyclic) bond motifs is 1. The van der Waals surface area contributed by atoms with E-state index in [1.54, 1.807) is 36.5 Å². The normalized spacial score (nSPS) is 18.5. The van der Waals surface area contributed by atoms with Gasteiger partial charge in [-0.25, -0.2) is 9.97 Å². The first-order valence-corrected chi connectivity index (χ1v) is 10.9. The summed E-state index contributed by atoms with van der Waals surface area (Å²) in [6.07, 6.45) is 6.31. The molecule has 1 fully saturated rings. The van der Waals surface area contributed by atoms with Gasteiger partial charge in [-0.2, -0.15) is 5.10 Å². The highest BCUT2D eigenvalue weighted by atomic mass is 32.1. The summed E-state index contributed by atoms with van der Waals surface area (Å²) in [7, 11) is 3.56. The van der Waals surface area contributed by atoms with Crippen molar-refractivity contribution in [2.75, 3.05) is 26.4 Å². The summed E-state index contributed by atoms with van der Waals surface area (Å²) in [5, 5.41) is 8.70. The Bertz CT molecular complexity index is 1230. The van der Waals surface area contributed by atoms with Crippen LogP contribution >= 0.6 is 11.3 Å². The van der Waals surface area contributed by atoms with Crippen LogP contribution in [0.5, 0.6) is 0 Å². The molecule has 2 atom stereocenters. The number of thiazole rings is 1. The van der Waals surface area contributed by atoms with Gasteiger partial charge in [-0.3, -0.25) is 9.48 Å². The molecule has 3 N–H and O–H groups in total. The van der Waals surface area contributed by atoms with Crippen molar-refractivity contribution in [1.29, 1.82) is 0 Å². The summed E-state index contributed by atoms with van der Waals surface area (Å²) in [6.45, 7) is 0.711. The van der Waals surface area contributed by atoms with Crippen molar-refractivity contribution in [3.05, 3.63) is 48.9 Å². The van der Waals surface area contributed by atoms with Crippen molar-refractivity contribution in [1.82, 2.24) is 30.0 Å². The topological polar surface area (TPSA) is 102 Å². The van der Waals surface area contributed by atoms with Crippen molar-refractivity contribution in [3.63, 3.8) is 0 Å². The Kier molecular flexibility index (Phi) is 4.91. The third-order valence-corrected chi connectivity index (χ3v) is 6.67. The first-order valence-electron chi connectivity index (χ1n) is 10.1. The summed E-state index contributed by atoms with van der Waals surface area (Å²) >= 11 is 1.60. The number of hydrogen-bond acceptors (Lipinski definition) is 7. The predicted molar refractivity (Wildman–Crippen MR) is 123 cm³/mol. The maximum absolute atomic E-state index is 12.2. The van der Waals surface area contributed by atoms with Crippen LogP contribution in [-0.2, 0) is 4.79 Å². The molecule has 5 rings (SSSR count). The fourth-order valence-electron chi connectivity index (χ4n) is 3.90. The Morgan fingerprint density at radius 3 is 2.90 bits per heavy atom. The van der Waals surface area contributed by atoms with E-state index in [-0.39, 0.29) is 18.0 Å². The van der Waals surface area contributed by atoms with Gasteiger partial charge in [0.1, 0.15) is 10.8 Å². The number of anilines is 1. The van der Waals surface area contributed by atoms with Gasteiger partial charge >= 0.3 is 0 Å². The number of nitrogens with two attached hydrogens (primary N) is 1. The van der Waals surface area contributed by atoms with Crippen molar-refractivity contribution >= 4 is 33.3 Å². The van der Waals surface area contributed by atoms with E-state index in [9.17, 15) is 4.79 Å². The Labute approximate surface area is 183 Å². The van der Waals surface area contributed by atoms with Crippen LogP contribution in [0.1, 0.15) is 12.5 Å². The highest BCUT2D eigenvalue weighted by Gasteiger charge is 2.31. The fourth-order valence-corrected chi connectivity index (χ4v) is 4.89. The lowest BCUT2D eigenvalue weighted by molar-refractivity contribution is -0.130. The lowest BCUT2D eigenvalue weighted by Crippen LogP contribution is -2.39. The second-order valence-electron chi connectivity index (χ2n) is 7.94. The molecule has 0 spiro atoms. The van der Waals surface area contributed by atoms with E-state index < -0.39 is 0 Å². The molecule has 0 saturated carbocycles. The fraction of sp³-hybridized carbons (Fsp3) is 0.273. The molecule has 4 aromatic rings. The van der Waals surface area contributed by atoms with E-state index >= 15 is 0 Å². The lowest BCUT2D eigenvalue weighted by Gasteiger charge is -2.16. The summed E-state index contributed by atoms with van der Waals surface area (Å²) in [6, 6.07) is 10.0. The molecular formula is C22H23N7OS. The minimum absolute atomic E-state index is 0.0955. The molecule has 1 unspecified atom stereocenters. The number of nitrogens with one attached hydrogen (secondary N) is 1. The summed E-state index contributed by atoms with van der Waals surface area (Å²) in [4.78, 5) is 23.0. The molecule has 1 saturated heterocycles. The standard InChI is InChI=1S/C22H23N7OS/c1-28(2)22(30)18-8-15(11-24-18)29-12-14(10-26-29)13-7-16(20(23)25-9-13)21-27-17-5-3-4-6-19(17)31-21/h3-7,9-10,12,15,18,24H,8,11H2,1-2H3,(H2,23,25)/t15?,18-/m0/s1. The van der Waals surface area contributed by atoms with Gasteiger partial charge in [0.05, 0.1) is 34.1 Å². The number of nitrogens with zero attached hydrogens (tertiary/aromatic N) is 5. The number of likely N-dealkylation sites (N-methyl/N-ethyl adjacent to an activating group) is 1. The van der Waals surface area contributed by atoms with Gasteiger partial charge in [0.25, 0.3) is 0 Å². The van der Waals surface area contributed by atoms with Crippen LogP contribution in [0.2, 0.25) is 0 Å². The van der Waals surface area contributed by atoms with Crippen LogP contribution in [-0.4, -0.2) is 57.2 Å². The molecule has 1 aliphatic heterocycles. The average molecular weight is 434 g/mol. The van der Waals surface area contributed by atoms with E-state index in [0.29, 0.717) is 12.4 Å². The molecule has 158 valence electrons. The maximum Gasteiger partial charge on any atom is 0.239 e. The average Bonchev–Trinajstić information content (AvgIpc) is 3.51. The lowest BCUT2D eigenvalue weighted by atomic mass is 10.1. The number of carbonyl (C=O) groups excluding carboxylic acids is 1. The Morgan fingerprint density at radius 1 is 1.26 bits per heavy atom. The molecule has 9 heteroatoms. The monoisotopic (exact) mass is 433 g/mol. The minimum atomic E-state index is -0.170. The quantitative estimate of drug-likeness (QED) is 0.513. The number of nitrogen functional groups attached to an aromatic ring is 1. The molecule has 0 radical (unpaired) electrons. The van der Waals surface area contributed by atoms with Crippen LogP contribution in [0.25, 0.3) is 31.9 Å². The van der Waals surface area contributed by atoms with E-state index in [1.165, 1.54) is 0 Å². The van der Waals surface area contributed by atoms with Crippen LogP contribution in [0.3, 0.4) is 0 Å². The van der Waals surface area contributed by atoms with Gasteiger partial charge in [0.2, 0.25) is 5.91 Å². The third-order valence-electron chi connectivity index (χ3n) is 5.60. The van der Waals surface area contributed by atoms with Gasteiger partial charge in [0.15, 0.2) is 0 Å². The van der Waals surface area contributed by atoms with E-state index in [4.69, 9.17) is 10.7 Å². The molecular weight excluding hydrogens is 410 g/mol. The molecule has 31 heavy (non-hydrogen) atoms. The number of para-hydroxylation sites is 1. The maximum atomic E-state index is 12.2. The van der Waals surface area contributed by atoms with Crippen LogP contribution in [0.15, 0.2) is 48.9 Å². The molecule has 1 amide bonds. The van der Waals surface area contributed by atoms with Gasteiger partial charge in [-0.05, 0) is 24.6 Å². The Hall–Kier alpha value is -3.30. The largest absolute Gasteiger partial charge is 0.383 e. The van der Waals surface area contributed by atoms with Crippen molar-refractivity contribution < 1.29 is 4.79 Å². The molecule has 0 aliphatic carbocycles. The number of rotatable bonds is 4. The number of pyridine rings is 1. The van der Waals surface area contributed by atoms with Crippen LogP contribution in [0, 0.1) is 0 Å². The zero-order valence-electron chi connectivity index (χ0n) is 17.3. The highest BCUT2D eigenvalue weighted by Crippen LogP contribution is 2.35. The smallest absolute Gasteiger partial charge is 0.239 e. The molecule has 0 bridgehead atoms. The van der Waals surface area contributed by atoms with E-state index in [1.807, 2.05) is 41.3 Å². The van der Waals surface area contributed by atoms with Crippen molar-refractivity contribution in [2.24, 2.45) is 0 Å². The summed E-state index contributed by atoms with van der Waals surface area (Å²) < 4.78 is 3.05. The zero-order chi connectivity index (χ0) is 21.5. The Balaban J connectivity index is 1.41. The van der Waals surface area contributed by atoms with Crippen molar-refractivity contribution in [2.45, 2.75) is 18.5 Å². The third kappa shape index (κ3) is 3.66. The van der Waals surface area contributed by atoms with Gasteiger partial charge < -0.3 is 16.0 Å². The van der Waals surface area contributed by atoms with E-state index in [2.05, 4.69) is 21.5 Å². The van der Waals surface area contributed by atoms with Gasteiger partial charge in [-0.1, -0.05) is 12.1 Å². The molecule has 4 heterocycles. The highest BCUT2D eigenvalue weighted by molar-refractivity contribution is 7.21. The number of hydrogen-bond donors (Lipinski definition) is 2. The summed E-state index contributed by atoms with van der Waals surface area (Å²) in [5.74, 6) is 0.554. The SMILES string of the molecule is CN(C)C(=O)[C@@H]1CC(n2cc(-c3cnc(N)c(-c4nc5ccccc5s4)c3)cn2)CN1. The minimum Gasteiger partial charge on any atom is -0.383 e. The van der Waals surface area contributed by atoms with Crippen molar-refractivity contribution in [3.8, 4) is 21.7 Å². The summed E-state index contributed by atoms with van der Waals surface area (Å²) in [5.41, 5.74) is 9.85. The van der Waals surface area contributed by atoms with Gasteiger partial charge in [0, 0.05) is 44.2 Å². The first kappa shape index (κ1) is 19.7. The zero-order valence-corrected chi connectivity index (χ0v) is 18.1. The molecule has 8 nitrogen and oxygen atoms in total. The number of aromatic nitrogens is 4. The molecule has 1 aromatic carbocycles. The van der Waals surface area contributed by atoms with Crippen LogP contribution in [0.4, 0.5) is 5.82 Å². The second-order valence-corrected chi connectivity index (χ2v) is 8.97. The van der Waals surface area contributed by atoms with E-state index in [0.717, 1.165) is 38.3 Å². The van der Waals surface area contributed by atoms with Crippen LogP contribution < -0.4 is 11.1 Å².